The first-order valence-corrected chi connectivity index (χ1v) is 15.2. The highest BCUT2D eigenvalue weighted by Crippen LogP contribution is 2.46. The summed E-state index contributed by atoms with van der Waals surface area (Å²) in [5.74, 6) is -0.441. The number of Topliss-reactive ketones (excluding diaryl/α,β-unsaturated/α-hetero) is 1. The van der Waals surface area contributed by atoms with Gasteiger partial charge in [-0.25, -0.2) is 0 Å². The van der Waals surface area contributed by atoms with Crippen molar-refractivity contribution in [2.45, 2.75) is 87.6 Å². The van der Waals surface area contributed by atoms with Gasteiger partial charge >= 0.3 is 0 Å². The molecule has 0 bridgehead atoms. The Morgan fingerprint density at radius 3 is 2.53 bits per heavy atom. The van der Waals surface area contributed by atoms with Crippen LogP contribution in [0, 0.1) is 5.92 Å². The minimum atomic E-state index is -0.273. The molecule has 7 unspecified atom stereocenters. The maximum absolute atomic E-state index is 13.9. The number of fused-ring (bicyclic) bond motifs is 2. The maximum Gasteiger partial charge on any atom is 0.256 e. The summed E-state index contributed by atoms with van der Waals surface area (Å²) in [6.45, 7) is 8.24. The molecule has 5 fully saturated rings. The zero-order valence-electron chi connectivity index (χ0n) is 22.5. The van der Waals surface area contributed by atoms with Crippen molar-refractivity contribution in [1.82, 2.24) is 24.9 Å². The van der Waals surface area contributed by atoms with Gasteiger partial charge < -0.3 is 24.8 Å². The van der Waals surface area contributed by atoms with E-state index >= 15 is 0 Å². The Morgan fingerprint density at radius 2 is 1.79 bits per heavy atom. The Hall–Kier alpha value is -1.68. The first-order valence-electron chi connectivity index (χ1n) is 14.7. The van der Waals surface area contributed by atoms with E-state index in [0.717, 1.165) is 77.9 Å². The number of likely N-dealkylation sites (tertiary alicyclic amines) is 1. The Kier molecular flexibility index (Phi) is 7.73. The first kappa shape index (κ1) is 26.5. The second-order valence-electron chi connectivity index (χ2n) is 12.1. The third kappa shape index (κ3) is 5.11. The van der Waals surface area contributed by atoms with E-state index in [9.17, 15) is 14.4 Å². The highest BCUT2D eigenvalue weighted by Gasteiger charge is 2.56. The van der Waals surface area contributed by atoms with Crippen LogP contribution in [0.5, 0.6) is 0 Å². The smallest absolute Gasteiger partial charge is 0.256 e. The minimum absolute atomic E-state index is 0.0396. The first-order chi connectivity index (χ1) is 18.4. The molecular weight excluding hydrogens is 506 g/mol. The van der Waals surface area contributed by atoms with Gasteiger partial charge in [0, 0.05) is 69.7 Å². The predicted molar refractivity (Wildman–Crippen MR) is 144 cm³/mol. The van der Waals surface area contributed by atoms with Crippen LogP contribution in [0.1, 0.15) is 51.9 Å². The van der Waals surface area contributed by atoms with Crippen molar-refractivity contribution in [2.24, 2.45) is 5.92 Å². The molecule has 9 nitrogen and oxygen atoms in total. The second-order valence-corrected chi connectivity index (χ2v) is 12.7. The molecule has 6 aliphatic rings. The Morgan fingerprint density at radius 1 is 1.03 bits per heavy atom. The number of morpholine rings is 1. The maximum atomic E-state index is 13.9. The lowest BCUT2D eigenvalue weighted by Gasteiger charge is -2.59. The molecule has 0 aromatic carbocycles. The molecule has 0 spiro atoms. The van der Waals surface area contributed by atoms with Gasteiger partial charge in [0.25, 0.3) is 5.91 Å². The summed E-state index contributed by atoms with van der Waals surface area (Å²) in [5.41, 5.74) is 0.297. The predicted octanol–water partition coefficient (Wildman–Crippen LogP) is 1.21. The second kappa shape index (κ2) is 11.1. The van der Waals surface area contributed by atoms with Crippen LogP contribution in [-0.4, -0.2) is 125 Å². The summed E-state index contributed by atoms with van der Waals surface area (Å²) in [6, 6.07) is 0.271. The van der Waals surface area contributed by atoms with Crippen LogP contribution in [0.25, 0.3) is 0 Å². The van der Waals surface area contributed by atoms with Crippen LogP contribution in [0.3, 0.4) is 0 Å². The number of nitrogens with one attached hydrogen (secondary N) is 1. The lowest BCUT2D eigenvalue weighted by Crippen LogP contribution is -2.69. The quantitative estimate of drug-likeness (QED) is 0.409. The number of piperazine rings is 1. The lowest BCUT2D eigenvalue weighted by atomic mass is 9.70. The Balaban J connectivity index is 1.21. The fourth-order valence-corrected chi connectivity index (χ4v) is 8.18. The van der Waals surface area contributed by atoms with Crippen molar-refractivity contribution in [3.63, 3.8) is 0 Å². The normalized spacial score (nSPS) is 37.9. The van der Waals surface area contributed by atoms with E-state index in [1.807, 2.05) is 11.1 Å². The van der Waals surface area contributed by atoms with Gasteiger partial charge in [-0.05, 0) is 58.0 Å². The minimum Gasteiger partial charge on any atom is -0.371 e. The van der Waals surface area contributed by atoms with Crippen molar-refractivity contribution in [3.8, 4) is 0 Å². The van der Waals surface area contributed by atoms with Crippen molar-refractivity contribution >= 4 is 29.2 Å². The number of nitrogens with zero attached hydrogens (tertiary/aromatic N) is 4. The van der Waals surface area contributed by atoms with Crippen LogP contribution < -0.4 is 5.32 Å². The standard InChI is InChI=1S/C28H42ClN5O4/c1-18(35)32-10-12-33(13-11-32)20-15-21-26-25(16-20)38-24-5-4-19(29)14-23(24)34(26)17-22(27(21)36)28(37)30-6-9-31-7-2-3-8-31/h17,19-21,23-26H,2-16H2,1H3,(H,30,37). The number of ether oxygens (including phenoxy) is 1. The molecule has 7 atom stereocenters. The molecule has 2 amide bonds. The van der Waals surface area contributed by atoms with Crippen LogP contribution in [0.4, 0.5) is 0 Å². The zero-order chi connectivity index (χ0) is 26.4. The number of halogens is 1. The van der Waals surface area contributed by atoms with E-state index in [1.165, 1.54) is 12.8 Å². The summed E-state index contributed by atoms with van der Waals surface area (Å²) in [7, 11) is 0. The molecule has 0 aromatic rings. The molecule has 6 rings (SSSR count). The van der Waals surface area contributed by atoms with E-state index in [4.69, 9.17) is 16.3 Å². The third-order valence-electron chi connectivity index (χ3n) is 9.90. The van der Waals surface area contributed by atoms with Gasteiger partial charge in [0.2, 0.25) is 5.91 Å². The van der Waals surface area contributed by atoms with Gasteiger partial charge in [-0.15, -0.1) is 11.6 Å². The molecule has 10 heteroatoms. The van der Waals surface area contributed by atoms with Gasteiger partial charge in [0.15, 0.2) is 5.78 Å². The topological polar surface area (TPSA) is 85.4 Å². The van der Waals surface area contributed by atoms with Gasteiger partial charge in [-0.3, -0.25) is 19.3 Å². The Bertz CT molecular complexity index is 963. The molecule has 2 saturated carbocycles. The zero-order valence-corrected chi connectivity index (χ0v) is 23.3. The van der Waals surface area contributed by atoms with E-state index in [-0.39, 0.29) is 59.2 Å². The van der Waals surface area contributed by atoms with E-state index in [2.05, 4.69) is 20.0 Å². The average molecular weight is 548 g/mol. The average Bonchev–Trinajstić information content (AvgIpc) is 3.43. The third-order valence-corrected chi connectivity index (χ3v) is 10.3. The summed E-state index contributed by atoms with van der Waals surface area (Å²) in [4.78, 5) is 48.2. The fraction of sp³-hybridized carbons (Fsp3) is 0.821. The number of carbonyl (C=O) groups is 3. The number of carbonyl (C=O) groups excluding carboxylic acids is 3. The number of rotatable bonds is 5. The van der Waals surface area contributed by atoms with Crippen LogP contribution >= 0.6 is 11.6 Å². The molecule has 210 valence electrons. The fourth-order valence-electron chi connectivity index (χ4n) is 7.87. The molecule has 38 heavy (non-hydrogen) atoms. The van der Waals surface area contributed by atoms with Crippen molar-refractivity contribution in [2.75, 3.05) is 52.4 Å². The molecule has 2 aliphatic carbocycles. The van der Waals surface area contributed by atoms with Gasteiger partial charge in [0.1, 0.15) is 0 Å². The number of ketones is 1. The van der Waals surface area contributed by atoms with E-state index in [0.29, 0.717) is 12.1 Å². The molecule has 0 radical (unpaired) electrons. The number of hydrogen-bond donors (Lipinski definition) is 1. The summed E-state index contributed by atoms with van der Waals surface area (Å²) in [6.07, 6.45) is 8.58. The van der Waals surface area contributed by atoms with Crippen LogP contribution in [0.2, 0.25) is 0 Å². The van der Waals surface area contributed by atoms with E-state index in [1.54, 1.807) is 6.92 Å². The molecule has 4 heterocycles. The van der Waals surface area contributed by atoms with Crippen molar-refractivity contribution in [3.05, 3.63) is 11.8 Å². The van der Waals surface area contributed by atoms with Gasteiger partial charge in [-0.1, -0.05) is 0 Å². The SMILES string of the molecule is CC(=O)N1CCN(C2CC3OC4CCC(Cl)CC4N4C=C(C(=O)NCCN5CCCC5)C(=O)C(C2)C34)CC1. The van der Waals surface area contributed by atoms with Crippen LogP contribution in [-0.2, 0) is 19.1 Å². The van der Waals surface area contributed by atoms with Crippen LogP contribution in [0.15, 0.2) is 11.8 Å². The Labute approximate surface area is 230 Å². The molecule has 3 saturated heterocycles. The number of amides is 2. The highest BCUT2D eigenvalue weighted by atomic mass is 35.5. The molecule has 1 N–H and O–H groups in total. The number of alkyl halides is 1. The van der Waals surface area contributed by atoms with E-state index < -0.39 is 0 Å². The summed E-state index contributed by atoms with van der Waals surface area (Å²) >= 11 is 6.62. The summed E-state index contributed by atoms with van der Waals surface area (Å²) < 4.78 is 6.75. The highest BCUT2D eigenvalue weighted by molar-refractivity contribution is 6.21. The van der Waals surface area contributed by atoms with Crippen molar-refractivity contribution in [1.29, 1.82) is 0 Å². The van der Waals surface area contributed by atoms with Gasteiger partial charge in [0.05, 0.1) is 29.9 Å². The van der Waals surface area contributed by atoms with Gasteiger partial charge in [-0.2, -0.15) is 0 Å². The molecular formula is C28H42ClN5O4. The number of hydrogen-bond acceptors (Lipinski definition) is 7. The lowest BCUT2D eigenvalue weighted by molar-refractivity contribution is -0.189. The monoisotopic (exact) mass is 547 g/mol. The van der Waals surface area contributed by atoms with Crippen molar-refractivity contribution < 1.29 is 19.1 Å². The molecule has 0 aromatic heterocycles. The largest absolute Gasteiger partial charge is 0.371 e. The summed E-state index contributed by atoms with van der Waals surface area (Å²) in [5, 5.41) is 3.14. The molecule has 4 aliphatic heterocycles.